The summed E-state index contributed by atoms with van der Waals surface area (Å²) >= 11 is 0. The minimum absolute atomic E-state index is 0.1000. The summed E-state index contributed by atoms with van der Waals surface area (Å²) in [6, 6.07) is 17.2. The molecule has 1 unspecified atom stereocenters. The van der Waals surface area contributed by atoms with Gasteiger partial charge in [0.25, 0.3) is 5.91 Å². The molecule has 3 aromatic carbocycles. The Morgan fingerprint density at radius 2 is 1.84 bits per heavy atom. The summed E-state index contributed by atoms with van der Waals surface area (Å²) in [4.78, 5) is 26.7. The molecule has 0 aliphatic carbocycles. The van der Waals surface area contributed by atoms with Crippen molar-refractivity contribution in [1.82, 2.24) is 4.90 Å². The zero-order chi connectivity index (χ0) is 22.7. The number of hydrogen-bond acceptors (Lipinski definition) is 3. The van der Waals surface area contributed by atoms with Gasteiger partial charge in [0.1, 0.15) is 17.4 Å². The molecule has 0 saturated carbocycles. The van der Waals surface area contributed by atoms with Gasteiger partial charge in [-0.3, -0.25) is 9.59 Å². The lowest BCUT2D eigenvalue weighted by Crippen LogP contribution is -2.37. The van der Waals surface area contributed by atoms with E-state index in [4.69, 9.17) is 4.74 Å². The first kappa shape index (κ1) is 21.5. The SMILES string of the molecule is CC1Oc2ccc(NC(=O)Cc3ccc(F)cc3)cc2CN(Cc2ccccc2F)C1=O. The van der Waals surface area contributed by atoms with Crippen molar-refractivity contribution in [1.29, 1.82) is 0 Å². The first-order valence-corrected chi connectivity index (χ1v) is 10.2. The number of carbonyl (C=O) groups is 2. The van der Waals surface area contributed by atoms with E-state index in [2.05, 4.69) is 5.32 Å². The van der Waals surface area contributed by atoms with Crippen LogP contribution in [0, 0.1) is 11.6 Å². The molecule has 0 saturated heterocycles. The fraction of sp³-hybridized carbons (Fsp3) is 0.200. The van der Waals surface area contributed by atoms with Gasteiger partial charge >= 0.3 is 0 Å². The third kappa shape index (κ3) is 4.94. The molecule has 3 aromatic rings. The summed E-state index contributed by atoms with van der Waals surface area (Å²) in [5.74, 6) is -0.688. The fourth-order valence-electron chi connectivity index (χ4n) is 3.64. The van der Waals surface area contributed by atoms with E-state index in [0.29, 0.717) is 28.1 Å². The maximum absolute atomic E-state index is 14.1. The molecule has 4 rings (SSSR count). The van der Waals surface area contributed by atoms with Crippen molar-refractivity contribution >= 4 is 17.5 Å². The highest BCUT2D eigenvalue weighted by molar-refractivity contribution is 5.92. The second kappa shape index (κ2) is 9.18. The lowest BCUT2D eigenvalue weighted by atomic mass is 10.1. The summed E-state index contributed by atoms with van der Waals surface area (Å²) < 4.78 is 33.0. The lowest BCUT2D eigenvalue weighted by molar-refractivity contribution is -0.138. The smallest absolute Gasteiger partial charge is 0.263 e. The van der Waals surface area contributed by atoms with Gasteiger partial charge in [0, 0.05) is 29.9 Å². The van der Waals surface area contributed by atoms with Crippen LogP contribution in [0.4, 0.5) is 14.5 Å². The maximum Gasteiger partial charge on any atom is 0.263 e. The molecule has 0 fully saturated rings. The lowest BCUT2D eigenvalue weighted by Gasteiger charge is -2.22. The van der Waals surface area contributed by atoms with Gasteiger partial charge in [0.15, 0.2) is 6.10 Å². The van der Waals surface area contributed by atoms with E-state index in [9.17, 15) is 18.4 Å². The Kier molecular flexibility index (Phi) is 6.16. The van der Waals surface area contributed by atoms with Crippen molar-refractivity contribution in [2.75, 3.05) is 5.32 Å². The van der Waals surface area contributed by atoms with Crippen LogP contribution in [0.25, 0.3) is 0 Å². The van der Waals surface area contributed by atoms with Gasteiger partial charge in [-0.2, -0.15) is 0 Å². The molecule has 32 heavy (non-hydrogen) atoms. The number of halogens is 2. The van der Waals surface area contributed by atoms with E-state index in [1.165, 1.54) is 18.2 Å². The molecule has 1 aliphatic rings. The number of carbonyl (C=O) groups excluding carboxylic acids is 2. The number of nitrogens with one attached hydrogen (secondary N) is 1. The zero-order valence-corrected chi connectivity index (χ0v) is 17.5. The maximum atomic E-state index is 14.1. The largest absolute Gasteiger partial charge is 0.481 e. The molecule has 5 nitrogen and oxygen atoms in total. The highest BCUT2D eigenvalue weighted by Crippen LogP contribution is 2.29. The van der Waals surface area contributed by atoms with Crippen molar-refractivity contribution in [3.05, 3.63) is 95.1 Å². The standard InChI is InChI=1S/C25H22F2N2O3/c1-16-25(31)29(14-18-4-2-3-5-22(18)27)15-19-13-21(10-11-23(19)32-16)28-24(30)12-17-6-8-20(26)9-7-17/h2-11,13,16H,12,14-15H2,1H3,(H,28,30). The summed E-state index contributed by atoms with van der Waals surface area (Å²) in [6.45, 7) is 1.98. The Morgan fingerprint density at radius 1 is 1.09 bits per heavy atom. The monoisotopic (exact) mass is 436 g/mol. The van der Waals surface area contributed by atoms with Crippen LogP contribution < -0.4 is 10.1 Å². The molecule has 1 heterocycles. The Bertz CT molecular complexity index is 1150. The van der Waals surface area contributed by atoms with Crippen LogP contribution in [0.3, 0.4) is 0 Å². The predicted molar refractivity (Wildman–Crippen MR) is 116 cm³/mol. The minimum Gasteiger partial charge on any atom is -0.481 e. The molecule has 1 atom stereocenters. The van der Waals surface area contributed by atoms with Gasteiger partial charge in [-0.05, 0) is 48.9 Å². The number of hydrogen-bond donors (Lipinski definition) is 1. The quantitative estimate of drug-likeness (QED) is 0.643. The summed E-state index contributed by atoms with van der Waals surface area (Å²) in [5, 5.41) is 2.82. The highest BCUT2D eigenvalue weighted by atomic mass is 19.1. The van der Waals surface area contributed by atoms with E-state index in [1.54, 1.807) is 60.4 Å². The minimum atomic E-state index is -0.720. The second-order valence-corrected chi connectivity index (χ2v) is 7.72. The van der Waals surface area contributed by atoms with Crippen LogP contribution in [-0.4, -0.2) is 22.8 Å². The fourth-order valence-corrected chi connectivity index (χ4v) is 3.64. The van der Waals surface area contributed by atoms with E-state index in [0.717, 1.165) is 0 Å². The van der Waals surface area contributed by atoms with Crippen molar-refractivity contribution < 1.29 is 23.1 Å². The van der Waals surface area contributed by atoms with Crippen molar-refractivity contribution in [2.24, 2.45) is 0 Å². The number of nitrogens with zero attached hydrogens (tertiary/aromatic N) is 1. The predicted octanol–water partition coefficient (Wildman–Crippen LogP) is 4.46. The van der Waals surface area contributed by atoms with Gasteiger partial charge < -0.3 is 15.0 Å². The Balaban J connectivity index is 1.51. The van der Waals surface area contributed by atoms with E-state index in [-0.39, 0.29) is 43.0 Å². The van der Waals surface area contributed by atoms with Crippen molar-refractivity contribution in [2.45, 2.75) is 32.5 Å². The third-order valence-corrected chi connectivity index (χ3v) is 5.27. The van der Waals surface area contributed by atoms with E-state index in [1.807, 2.05) is 0 Å². The van der Waals surface area contributed by atoms with Crippen LogP contribution in [0.5, 0.6) is 5.75 Å². The van der Waals surface area contributed by atoms with Gasteiger partial charge in [-0.25, -0.2) is 8.78 Å². The molecule has 0 radical (unpaired) electrons. The number of amides is 2. The average molecular weight is 436 g/mol. The number of fused-ring (bicyclic) bond motifs is 1. The van der Waals surface area contributed by atoms with E-state index >= 15 is 0 Å². The summed E-state index contributed by atoms with van der Waals surface area (Å²) in [7, 11) is 0. The van der Waals surface area contributed by atoms with Crippen LogP contribution in [0.15, 0.2) is 66.7 Å². The summed E-state index contributed by atoms with van der Waals surface area (Å²) in [5.41, 5.74) is 2.36. The van der Waals surface area contributed by atoms with Gasteiger partial charge in [-0.15, -0.1) is 0 Å². The van der Waals surface area contributed by atoms with Crippen LogP contribution >= 0.6 is 0 Å². The number of benzene rings is 3. The van der Waals surface area contributed by atoms with Crippen molar-refractivity contribution in [3.8, 4) is 5.75 Å². The molecule has 1 N–H and O–H groups in total. The first-order valence-electron chi connectivity index (χ1n) is 10.2. The Hall–Kier alpha value is -3.74. The molecule has 2 amide bonds. The highest BCUT2D eigenvalue weighted by Gasteiger charge is 2.28. The molecule has 164 valence electrons. The van der Waals surface area contributed by atoms with Gasteiger partial charge in [0.05, 0.1) is 6.42 Å². The number of anilines is 1. The molecule has 0 aromatic heterocycles. The van der Waals surface area contributed by atoms with Crippen LogP contribution in [0.1, 0.15) is 23.6 Å². The molecule has 7 heteroatoms. The number of ether oxygens (including phenoxy) is 1. The second-order valence-electron chi connectivity index (χ2n) is 7.72. The van der Waals surface area contributed by atoms with Crippen molar-refractivity contribution in [3.63, 3.8) is 0 Å². The zero-order valence-electron chi connectivity index (χ0n) is 17.5. The molecule has 1 aliphatic heterocycles. The number of rotatable bonds is 5. The van der Waals surface area contributed by atoms with Gasteiger partial charge in [0.2, 0.25) is 5.91 Å². The third-order valence-electron chi connectivity index (χ3n) is 5.27. The Labute approximate surface area is 184 Å². The average Bonchev–Trinajstić information content (AvgIpc) is 2.88. The Morgan fingerprint density at radius 3 is 2.59 bits per heavy atom. The molecular formula is C25H22F2N2O3. The topological polar surface area (TPSA) is 58.6 Å². The van der Waals surface area contributed by atoms with Crippen LogP contribution in [-0.2, 0) is 29.1 Å². The van der Waals surface area contributed by atoms with Crippen LogP contribution in [0.2, 0.25) is 0 Å². The van der Waals surface area contributed by atoms with E-state index < -0.39 is 6.10 Å². The molecule has 0 spiro atoms. The molecule has 0 bridgehead atoms. The van der Waals surface area contributed by atoms with Gasteiger partial charge in [-0.1, -0.05) is 30.3 Å². The summed E-state index contributed by atoms with van der Waals surface area (Å²) in [6.07, 6.45) is -0.620. The normalized spacial score (nSPS) is 15.5. The molecular weight excluding hydrogens is 414 g/mol. The first-order chi connectivity index (χ1) is 15.4.